The van der Waals surface area contributed by atoms with Crippen LogP contribution >= 0.6 is 11.9 Å². The molecule has 0 radical (unpaired) electrons. The maximum atomic E-state index is 13.5. The fourth-order valence-electron chi connectivity index (χ4n) is 4.09. The van der Waals surface area contributed by atoms with Gasteiger partial charge in [0.1, 0.15) is 0 Å². The van der Waals surface area contributed by atoms with Gasteiger partial charge in [0, 0.05) is 29.2 Å². The van der Waals surface area contributed by atoms with Crippen LogP contribution in [0.5, 0.6) is 0 Å². The van der Waals surface area contributed by atoms with Crippen molar-refractivity contribution in [1.29, 1.82) is 0 Å². The molecular weight excluding hydrogens is 372 g/mol. The normalized spacial score (nSPS) is 21.5. The Morgan fingerprint density at radius 1 is 0.964 bits per heavy atom. The molecule has 1 amide bonds. The van der Waals surface area contributed by atoms with Crippen LogP contribution in [0.15, 0.2) is 47.4 Å². The molecule has 2 aromatic rings. The summed E-state index contributed by atoms with van der Waals surface area (Å²) < 4.78 is 14.4. The predicted octanol–water partition coefficient (Wildman–Crippen LogP) is 4.37. The van der Waals surface area contributed by atoms with Crippen molar-refractivity contribution in [2.75, 3.05) is 31.2 Å². The zero-order valence-electron chi connectivity index (χ0n) is 16.0. The largest absolute Gasteiger partial charge is 0.338 e. The molecule has 5 nitrogen and oxygen atoms in total. The third-order valence-corrected chi connectivity index (χ3v) is 6.63. The van der Waals surface area contributed by atoms with Crippen molar-refractivity contribution < 1.29 is 14.3 Å². The number of amides is 1. The summed E-state index contributed by atoms with van der Waals surface area (Å²) in [6.45, 7) is 5.30. The number of fused-ring (bicyclic) bond motifs is 2. The van der Waals surface area contributed by atoms with Gasteiger partial charge >= 0.3 is 0 Å². The number of hydrogen-bond donors (Lipinski definition) is 0. The molecule has 1 spiro atoms. The lowest BCUT2D eigenvalue weighted by molar-refractivity contribution is -0.256. The SMILES string of the molecule is Cc1ccc(N2C(=O)C3(OCCCO3)c3cc(SN4CCCC4)ccc32)cc1. The summed E-state index contributed by atoms with van der Waals surface area (Å²) in [6, 6.07) is 14.2. The van der Waals surface area contributed by atoms with Gasteiger partial charge in [-0.2, -0.15) is 0 Å². The Morgan fingerprint density at radius 3 is 2.39 bits per heavy atom. The van der Waals surface area contributed by atoms with Crippen LogP contribution in [0, 0.1) is 6.92 Å². The van der Waals surface area contributed by atoms with E-state index in [1.54, 1.807) is 16.8 Å². The topological polar surface area (TPSA) is 42.0 Å². The Labute approximate surface area is 169 Å². The van der Waals surface area contributed by atoms with Gasteiger partial charge in [0.2, 0.25) is 0 Å². The molecule has 3 heterocycles. The van der Waals surface area contributed by atoms with Gasteiger partial charge in [-0.1, -0.05) is 17.7 Å². The first-order valence-corrected chi connectivity index (χ1v) is 10.7. The van der Waals surface area contributed by atoms with Crippen LogP contribution in [-0.2, 0) is 20.1 Å². The molecule has 0 aromatic heterocycles. The van der Waals surface area contributed by atoms with E-state index in [0.717, 1.165) is 46.9 Å². The quantitative estimate of drug-likeness (QED) is 0.721. The number of benzene rings is 2. The van der Waals surface area contributed by atoms with E-state index in [-0.39, 0.29) is 5.91 Å². The average Bonchev–Trinajstić information content (AvgIpc) is 3.30. The number of nitrogens with zero attached hydrogens (tertiary/aromatic N) is 2. The first-order valence-electron chi connectivity index (χ1n) is 9.94. The summed E-state index contributed by atoms with van der Waals surface area (Å²) in [5, 5.41) is 0. The number of ether oxygens (including phenoxy) is 2. The molecule has 3 aliphatic heterocycles. The summed E-state index contributed by atoms with van der Waals surface area (Å²) in [7, 11) is 0. The van der Waals surface area contributed by atoms with Crippen molar-refractivity contribution >= 4 is 29.2 Å². The number of carbonyl (C=O) groups is 1. The molecular formula is C22H24N2O3S. The van der Waals surface area contributed by atoms with Crippen molar-refractivity contribution in [3.05, 3.63) is 53.6 Å². The molecule has 146 valence electrons. The van der Waals surface area contributed by atoms with Crippen LogP contribution in [0.4, 0.5) is 11.4 Å². The summed E-state index contributed by atoms with van der Waals surface area (Å²) in [5.74, 6) is -1.48. The summed E-state index contributed by atoms with van der Waals surface area (Å²) in [6.07, 6.45) is 3.29. The molecule has 0 unspecified atom stereocenters. The molecule has 2 fully saturated rings. The minimum absolute atomic E-state index is 0.158. The smallest absolute Gasteiger partial charge is 0.297 e. The highest BCUT2D eigenvalue weighted by atomic mass is 32.2. The number of carbonyl (C=O) groups excluding carboxylic acids is 1. The molecule has 0 atom stereocenters. The van der Waals surface area contributed by atoms with E-state index in [0.29, 0.717) is 13.2 Å². The highest BCUT2D eigenvalue weighted by Gasteiger charge is 2.55. The standard InChI is InChI=1S/C22H24N2O3S/c1-16-5-7-17(8-6-16)24-20-10-9-18(28-23-11-2-3-12-23)15-19(20)22(21(24)25)26-13-4-14-27-22/h5-10,15H,2-4,11-14H2,1H3. The van der Waals surface area contributed by atoms with Crippen molar-refractivity contribution in [3.8, 4) is 0 Å². The van der Waals surface area contributed by atoms with Crippen LogP contribution in [0.1, 0.15) is 30.4 Å². The minimum atomic E-state index is -1.32. The average molecular weight is 397 g/mol. The first-order chi connectivity index (χ1) is 13.7. The number of rotatable bonds is 3. The highest BCUT2D eigenvalue weighted by molar-refractivity contribution is 7.97. The fraction of sp³-hybridized carbons (Fsp3) is 0.409. The third-order valence-electron chi connectivity index (χ3n) is 5.54. The van der Waals surface area contributed by atoms with E-state index in [4.69, 9.17) is 9.47 Å². The van der Waals surface area contributed by atoms with Crippen LogP contribution in [0.25, 0.3) is 0 Å². The van der Waals surface area contributed by atoms with E-state index in [2.05, 4.69) is 16.4 Å². The van der Waals surface area contributed by atoms with Gasteiger partial charge in [-0.05, 0) is 68.5 Å². The molecule has 0 bridgehead atoms. The minimum Gasteiger partial charge on any atom is -0.338 e. The van der Waals surface area contributed by atoms with Crippen LogP contribution in [0.3, 0.4) is 0 Å². The van der Waals surface area contributed by atoms with E-state index in [1.807, 2.05) is 37.3 Å². The molecule has 3 aliphatic rings. The summed E-state index contributed by atoms with van der Waals surface area (Å²) in [5.41, 5.74) is 3.67. The molecule has 0 aliphatic carbocycles. The monoisotopic (exact) mass is 396 g/mol. The Bertz CT molecular complexity index is 887. The second-order valence-corrected chi connectivity index (χ2v) is 8.72. The Hall–Kier alpha value is -1.86. The maximum absolute atomic E-state index is 13.5. The van der Waals surface area contributed by atoms with E-state index in [9.17, 15) is 4.79 Å². The van der Waals surface area contributed by atoms with Crippen molar-refractivity contribution in [1.82, 2.24) is 4.31 Å². The molecule has 28 heavy (non-hydrogen) atoms. The van der Waals surface area contributed by atoms with Crippen LogP contribution < -0.4 is 4.90 Å². The number of aryl methyl sites for hydroxylation is 1. The molecule has 2 aromatic carbocycles. The Balaban J connectivity index is 1.57. The molecule has 2 saturated heterocycles. The van der Waals surface area contributed by atoms with Gasteiger partial charge in [0.25, 0.3) is 11.7 Å². The first kappa shape index (κ1) is 18.2. The maximum Gasteiger partial charge on any atom is 0.297 e. The van der Waals surface area contributed by atoms with Crippen LogP contribution in [0.2, 0.25) is 0 Å². The summed E-state index contributed by atoms with van der Waals surface area (Å²) in [4.78, 5) is 16.4. The Morgan fingerprint density at radius 2 is 1.68 bits per heavy atom. The van der Waals surface area contributed by atoms with Crippen molar-refractivity contribution in [3.63, 3.8) is 0 Å². The number of anilines is 2. The predicted molar refractivity (Wildman–Crippen MR) is 110 cm³/mol. The van der Waals surface area contributed by atoms with Gasteiger partial charge < -0.3 is 9.47 Å². The van der Waals surface area contributed by atoms with E-state index >= 15 is 0 Å². The molecule has 6 heteroatoms. The fourth-order valence-corrected chi connectivity index (χ4v) is 5.13. The zero-order valence-corrected chi connectivity index (χ0v) is 16.8. The van der Waals surface area contributed by atoms with E-state index < -0.39 is 5.79 Å². The van der Waals surface area contributed by atoms with Crippen LogP contribution in [-0.4, -0.2) is 36.5 Å². The highest BCUT2D eigenvalue weighted by Crippen LogP contribution is 2.49. The van der Waals surface area contributed by atoms with Crippen molar-refractivity contribution in [2.45, 2.75) is 36.9 Å². The Kier molecular flexibility index (Phi) is 4.67. The van der Waals surface area contributed by atoms with Gasteiger partial charge in [-0.3, -0.25) is 9.69 Å². The number of hydrogen-bond acceptors (Lipinski definition) is 5. The lowest BCUT2D eigenvalue weighted by Crippen LogP contribution is -2.46. The van der Waals surface area contributed by atoms with Gasteiger partial charge in [0.15, 0.2) is 0 Å². The van der Waals surface area contributed by atoms with Gasteiger partial charge in [-0.15, -0.1) is 0 Å². The second kappa shape index (κ2) is 7.19. The molecule has 0 saturated carbocycles. The summed E-state index contributed by atoms with van der Waals surface area (Å²) >= 11 is 1.76. The molecule has 5 rings (SSSR count). The van der Waals surface area contributed by atoms with Gasteiger partial charge in [0.05, 0.1) is 18.9 Å². The third kappa shape index (κ3) is 2.95. The van der Waals surface area contributed by atoms with Gasteiger partial charge in [-0.25, -0.2) is 4.31 Å². The van der Waals surface area contributed by atoms with E-state index in [1.165, 1.54) is 12.8 Å². The zero-order chi connectivity index (χ0) is 19.1. The van der Waals surface area contributed by atoms with Crippen molar-refractivity contribution in [2.24, 2.45) is 0 Å². The molecule has 0 N–H and O–H groups in total. The second-order valence-electron chi connectivity index (χ2n) is 7.55. The lowest BCUT2D eigenvalue weighted by atomic mass is 10.1. The lowest BCUT2D eigenvalue weighted by Gasteiger charge is -2.32.